The molecular formula is C14H17F3N2O2. The third kappa shape index (κ3) is 4.77. The fourth-order valence-corrected chi connectivity index (χ4v) is 1.56. The number of nitrogens with one attached hydrogen (secondary N) is 1. The van der Waals surface area contributed by atoms with Gasteiger partial charge in [-0.3, -0.25) is 9.59 Å². The van der Waals surface area contributed by atoms with Crippen LogP contribution < -0.4 is 5.32 Å². The molecule has 7 heteroatoms. The second-order valence-corrected chi connectivity index (χ2v) is 5.11. The van der Waals surface area contributed by atoms with E-state index in [0.717, 1.165) is 4.90 Å². The monoisotopic (exact) mass is 302 g/mol. The summed E-state index contributed by atoms with van der Waals surface area (Å²) in [5.41, 5.74) is -0.356. The van der Waals surface area contributed by atoms with Crippen molar-refractivity contribution in [2.75, 3.05) is 20.1 Å². The van der Waals surface area contributed by atoms with Gasteiger partial charge in [0.1, 0.15) is 0 Å². The maximum Gasteiger partial charge on any atom is 0.254 e. The highest BCUT2D eigenvalue weighted by Crippen LogP contribution is 2.14. The third-order valence-corrected chi connectivity index (χ3v) is 2.67. The summed E-state index contributed by atoms with van der Waals surface area (Å²) in [6.45, 7) is 4.03. The molecule has 0 radical (unpaired) electrons. The van der Waals surface area contributed by atoms with Crippen LogP contribution in [0.1, 0.15) is 24.2 Å². The van der Waals surface area contributed by atoms with Crippen LogP contribution in [0.25, 0.3) is 0 Å². The number of halogens is 3. The van der Waals surface area contributed by atoms with Crippen LogP contribution in [0.3, 0.4) is 0 Å². The van der Waals surface area contributed by atoms with Crippen molar-refractivity contribution in [1.82, 2.24) is 10.2 Å². The molecule has 0 atom stereocenters. The van der Waals surface area contributed by atoms with E-state index in [9.17, 15) is 22.8 Å². The number of likely N-dealkylation sites (N-methyl/N-ethyl adjacent to an activating group) is 1. The van der Waals surface area contributed by atoms with E-state index in [2.05, 4.69) is 5.32 Å². The van der Waals surface area contributed by atoms with Crippen molar-refractivity contribution in [2.45, 2.75) is 13.8 Å². The lowest BCUT2D eigenvalue weighted by atomic mass is 10.2. The van der Waals surface area contributed by atoms with Gasteiger partial charge in [0, 0.05) is 19.2 Å². The predicted molar refractivity (Wildman–Crippen MR) is 71.1 cm³/mol. The number of amides is 2. The summed E-state index contributed by atoms with van der Waals surface area (Å²) in [7, 11) is 1.32. The Bertz CT molecular complexity index is 524. The van der Waals surface area contributed by atoms with E-state index >= 15 is 0 Å². The van der Waals surface area contributed by atoms with Crippen LogP contribution in [0.5, 0.6) is 0 Å². The van der Waals surface area contributed by atoms with Gasteiger partial charge < -0.3 is 10.2 Å². The van der Waals surface area contributed by atoms with Crippen LogP contribution >= 0.6 is 0 Å². The minimum Gasteiger partial charge on any atom is -0.354 e. The number of carbonyl (C=O) groups is 2. The third-order valence-electron chi connectivity index (χ3n) is 2.67. The van der Waals surface area contributed by atoms with E-state index in [1.165, 1.54) is 7.05 Å². The van der Waals surface area contributed by atoms with Gasteiger partial charge in [0.25, 0.3) is 5.91 Å². The first-order valence-electron chi connectivity index (χ1n) is 6.39. The Hall–Kier alpha value is -2.05. The molecule has 21 heavy (non-hydrogen) atoms. The van der Waals surface area contributed by atoms with Crippen molar-refractivity contribution in [3.8, 4) is 0 Å². The fraction of sp³-hybridized carbons (Fsp3) is 0.429. The number of hydrogen-bond acceptors (Lipinski definition) is 2. The Balaban J connectivity index is 2.72. The molecule has 0 aliphatic carbocycles. The van der Waals surface area contributed by atoms with Gasteiger partial charge in [-0.05, 0) is 18.1 Å². The quantitative estimate of drug-likeness (QED) is 0.845. The van der Waals surface area contributed by atoms with Crippen molar-refractivity contribution >= 4 is 11.8 Å². The second kappa shape index (κ2) is 7.10. The number of carbonyl (C=O) groups excluding carboxylic acids is 2. The van der Waals surface area contributed by atoms with Crippen LogP contribution in [-0.2, 0) is 4.79 Å². The molecule has 0 unspecified atom stereocenters. The molecule has 2 amide bonds. The molecule has 0 bridgehead atoms. The van der Waals surface area contributed by atoms with Crippen LogP contribution in [-0.4, -0.2) is 36.9 Å². The van der Waals surface area contributed by atoms with Crippen molar-refractivity contribution in [2.24, 2.45) is 5.92 Å². The minimum absolute atomic E-state index is 0.258. The lowest BCUT2D eigenvalue weighted by Gasteiger charge is -2.17. The maximum atomic E-state index is 13.1. The predicted octanol–water partition coefficient (Wildman–Crippen LogP) is 1.95. The SMILES string of the molecule is CC(C)CNC(=O)CN(C)C(=O)c1cc(F)c(F)c(F)c1. The summed E-state index contributed by atoms with van der Waals surface area (Å²) < 4.78 is 39.0. The Morgan fingerprint density at radius 1 is 1.19 bits per heavy atom. The number of hydrogen-bond donors (Lipinski definition) is 1. The molecule has 0 heterocycles. The Morgan fingerprint density at radius 2 is 1.71 bits per heavy atom. The normalized spacial score (nSPS) is 10.6. The average Bonchev–Trinajstić information content (AvgIpc) is 2.41. The van der Waals surface area contributed by atoms with E-state index < -0.39 is 23.4 Å². The van der Waals surface area contributed by atoms with Gasteiger partial charge in [0.2, 0.25) is 5.91 Å². The first-order valence-corrected chi connectivity index (χ1v) is 6.39. The summed E-state index contributed by atoms with van der Waals surface area (Å²) in [4.78, 5) is 24.5. The summed E-state index contributed by atoms with van der Waals surface area (Å²) >= 11 is 0. The Kier molecular flexibility index (Phi) is 5.75. The molecule has 0 spiro atoms. The van der Waals surface area contributed by atoms with Crippen molar-refractivity contribution < 1.29 is 22.8 Å². The zero-order chi connectivity index (χ0) is 16.2. The lowest BCUT2D eigenvalue weighted by molar-refractivity contribution is -0.121. The largest absolute Gasteiger partial charge is 0.354 e. The van der Waals surface area contributed by atoms with E-state index in [0.29, 0.717) is 18.7 Å². The second-order valence-electron chi connectivity index (χ2n) is 5.11. The van der Waals surface area contributed by atoms with Crippen LogP contribution in [0, 0.1) is 23.4 Å². The molecule has 0 aliphatic rings. The van der Waals surface area contributed by atoms with E-state index in [1.807, 2.05) is 13.8 Å². The molecule has 1 N–H and O–H groups in total. The summed E-state index contributed by atoms with van der Waals surface area (Å²) in [6.07, 6.45) is 0. The smallest absolute Gasteiger partial charge is 0.254 e. The van der Waals surface area contributed by atoms with Crippen LogP contribution in [0.4, 0.5) is 13.2 Å². The summed E-state index contributed by atoms with van der Waals surface area (Å²) in [6, 6.07) is 1.20. The highest BCUT2D eigenvalue weighted by molar-refractivity contribution is 5.96. The van der Waals surface area contributed by atoms with Crippen molar-refractivity contribution in [3.05, 3.63) is 35.1 Å². The lowest BCUT2D eigenvalue weighted by Crippen LogP contribution is -2.39. The maximum absolute atomic E-state index is 13.1. The minimum atomic E-state index is -1.64. The van der Waals surface area contributed by atoms with Gasteiger partial charge in [-0.15, -0.1) is 0 Å². The van der Waals surface area contributed by atoms with Gasteiger partial charge in [-0.25, -0.2) is 13.2 Å². The number of nitrogens with zero attached hydrogens (tertiary/aromatic N) is 1. The molecule has 1 rings (SSSR count). The van der Waals surface area contributed by atoms with Gasteiger partial charge in [0.05, 0.1) is 6.54 Å². The van der Waals surface area contributed by atoms with Crippen molar-refractivity contribution in [1.29, 1.82) is 0 Å². The molecule has 0 saturated heterocycles. The molecule has 0 saturated carbocycles. The molecule has 1 aromatic carbocycles. The highest BCUT2D eigenvalue weighted by Gasteiger charge is 2.19. The number of benzene rings is 1. The summed E-state index contributed by atoms with van der Waals surface area (Å²) in [5.74, 6) is -5.43. The fourth-order valence-electron chi connectivity index (χ4n) is 1.56. The zero-order valence-electron chi connectivity index (χ0n) is 12.0. The molecular weight excluding hydrogens is 285 g/mol. The first-order chi connectivity index (χ1) is 9.72. The Labute approximate surface area is 120 Å². The molecule has 0 aromatic heterocycles. The van der Waals surface area contributed by atoms with Crippen LogP contribution in [0.15, 0.2) is 12.1 Å². The molecule has 1 aromatic rings. The molecule has 0 fully saturated rings. The van der Waals surface area contributed by atoms with Gasteiger partial charge in [-0.1, -0.05) is 13.8 Å². The van der Waals surface area contributed by atoms with Gasteiger partial charge in [0.15, 0.2) is 17.5 Å². The van der Waals surface area contributed by atoms with Crippen LogP contribution in [0.2, 0.25) is 0 Å². The zero-order valence-corrected chi connectivity index (χ0v) is 12.0. The van der Waals surface area contributed by atoms with Gasteiger partial charge >= 0.3 is 0 Å². The molecule has 4 nitrogen and oxygen atoms in total. The Morgan fingerprint density at radius 3 is 2.19 bits per heavy atom. The van der Waals surface area contributed by atoms with E-state index in [-0.39, 0.29) is 23.9 Å². The van der Waals surface area contributed by atoms with Crippen molar-refractivity contribution in [3.63, 3.8) is 0 Å². The standard InChI is InChI=1S/C14H17F3N2O2/c1-8(2)6-18-12(20)7-19(3)14(21)9-4-10(15)13(17)11(16)5-9/h4-5,8H,6-7H2,1-3H3,(H,18,20). The molecule has 0 aliphatic heterocycles. The van der Waals surface area contributed by atoms with E-state index in [1.54, 1.807) is 0 Å². The number of rotatable bonds is 5. The topological polar surface area (TPSA) is 49.4 Å². The average molecular weight is 302 g/mol. The summed E-state index contributed by atoms with van der Waals surface area (Å²) in [5, 5.41) is 2.61. The van der Waals surface area contributed by atoms with E-state index in [4.69, 9.17) is 0 Å². The highest BCUT2D eigenvalue weighted by atomic mass is 19.2. The van der Waals surface area contributed by atoms with Gasteiger partial charge in [-0.2, -0.15) is 0 Å². The first kappa shape index (κ1) is 17.0. The molecule has 116 valence electrons.